The summed E-state index contributed by atoms with van der Waals surface area (Å²) in [5, 5.41) is 3.81. The van der Waals surface area contributed by atoms with Crippen molar-refractivity contribution >= 4 is 27.5 Å². The molecule has 0 saturated heterocycles. The quantitative estimate of drug-likeness (QED) is 0.817. The molecule has 21 heavy (non-hydrogen) atoms. The lowest BCUT2D eigenvalue weighted by molar-refractivity contribution is 0.284. The normalized spacial score (nSPS) is 10.5. The fraction of sp³-hybridized carbons (Fsp3) is 0.250. The van der Waals surface area contributed by atoms with E-state index in [-0.39, 0.29) is 0 Å². The Labute approximate surface area is 138 Å². The molecule has 0 aliphatic rings. The molecule has 0 spiro atoms. The number of ether oxygens (including phenoxy) is 2. The van der Waals surface area contributed by atoms with Crippen molar-refractivity contribution in [3.63, 3.8) is 0 Å². The van der Waals surface area contributed by atoms with E-state index in [1.54, 1.807) is 7.11 Å². The van der Waals surface area contributed by atoms with Gasteiger partial charge < -0.3 is 14.8 Å². The van der Waals surface area contributed by atoms with Gasteiger partial charge in [0, 0.05) is 21.6 Å². The first-order valence-electron chi connectivity index (χ1n) is 6.53. The zero-order chi connectivity index (χ0) is 15.2. The van der Waals surface area contributed by atoms with Crippen molar-refractivity contribution in [1.82, 2.24) is 5.32 Å². The summed E-state index contributed by atoms with van der Waals surface area (Å²) in [6.07, 6.45) is 0. The minimum absolute atomic E-state index is 0.397. The van der Waals surface area contributed by atoms with E-state index < -0.39 is 0 Å². The largest absolute Gasteiger partial charge is 0.493 e. The Bertz CT molecular complexity index is 619. The summed E-state index contributed by atoms with van der Waals surface area (Å²) in [7, 11) is 3.54. The summed E-state index contributed by atoms with van der Waals surface area (Å²) >= 11 is 9.68. The number of benzene rings is 2. The first kappa shape index (κ1) is 16.1. The highest BCUT2D eigenvalue weighted by atomic mass is 79.9. The molecule has 0 radical (unpaired) electrons. The molecule has 0 aliphatic carbocycles. The maximum atomic E-state index is 6.13. The molecule has 0 heterocycles. The summed E-state index contributed by atoms with van der Waals surface area (Å²) < 4.78 is 12.2. The Hall–Kier alpha value is -1.23. The second-order valence-corrected chi connectivity index (χ2v) is 5.77. The summed E-state index contributed by atoms with van der Waals surface area (Å²) in [4.78, 5) is 0. The summed E-state index contributed by atoms with van der Waals surface area (Å²) in [5.74, 6) is 1.39. The monoisotopic (exact) mass is 369 g/mol. The van der Waals surface area contributed by atoms with E-state index >= 15 is 0 Å². The molecule has 112 valence electrons. The van der Waals surface area contributed by atoms with Crippen molar-refractivity contribution in [3.8, 4) is 11.5 Å². The predicted molar refractivity (Wildman–Crippen MR) is 89.2 cm³/mol. The molecule has 0 aliphatic heterocycles. The number of hydrogen-bond acceptors (Lipinski definition) is 3. The molecule has 0 aromatic heterocycles. The van der Waals surface area contributed by atoms with Crippen LogP contribution in [0.15, 0.2) is 40.9 Å². The molecule has 3 nitrogen and oxygen atoms in total. The highest BCUT2D eigenvalue weighted by Gasteiger charge is 2.11. The van der Waals surface area contributed by atoms with Crippen LogP contribution in [0.25, 0.3) is 0 Å². The predicted octanol–water partition coefficient (Wildman–Crippen LogP) is 4.41. The van der Waals surface area contributed by atoms with Crippen molar-refractivity contribution in [2.24, 2.45) is 0 Å². The Morgan fingerprint density at radius 3 is 2.57 bits per heavy atom. The molecule has 0 amide bonds. The molecule has 2 rings (SSSR count). The van der Waals surface area contributed by atoms with Crippen LogP contribution < -0.4 is 14.8 Å². The SMILES string of the molecule is CNCc1cc(OC)c(OCc2ccccc2Cl)cc1Br. The fourth-order valence-corrected chi connectivity index (χ4v) is 2.60. The lowest BCUT2D eigenvalue weighted by Gasteiger charge is -2.14. The molecule has 2 aromatic rings. The number of methoxy groups -OCH3 is 1. The Morgan fingerprint density at radius 2 is 1.90 bits per heavy atom. The van der Waals surface area contributed by atoms with Gasteiger partial charge in [0.2, 0.25) is 0 Å². The second kappa shape index (κ2) is 7.69. The standard InChI is InChI=1S/C16H17BrClNO2/c1-19-9-12-7-15(20-2)16(8-13(12)17)21-10-11-5-3-4-6-14(11)18/h3-8,19H,9-10H2,1-2H3. The van der Waals surface area contributed by atoms with Crippen LogP contribution in [0.2, 0.25) is 5.02 Å². The maximum Gasteiger partial charge on any atom is 0.162 e. The van der Waals surface area contributed by atoms with E-state index in [0.717, 1.165) is 22.1 Å². The van der Waals surface area contributed by atoms with E-state index in [2.05, 4.69) is 21.2 Å². The first-order valence-corrected chi connectivity index (χ1v) is 7.70. The number of hydrogen-bond donors (Lipinski definition) is 1. The van der Waals surface area contributed by atoms with Gasteiger partial charge in [-0.1, -0.05) is 45.7 Å². The highest BCUT2D eigenvalue weighted by Crippen LogP contribution is 2.34. The van der Waals surface area contributed by atoms with Gasteiger partial charge in [-0.2, -0.15) is 0 Å². The lowest BCUT2D eigenvalue weighted by Crippen LogP contribution is -2.06. The van der Waals surface area contributed by atoms with Crippen LogP contribution >= 0.6 is 27.5 Å². The second-order valence-electron chi connectivity index (χ2n) is 4.50. The van der Waals surface area contributed by atoms with Crippen molar-refractivity contribution in [2.75, 3.05) is 14.2 Å². The average molecular weight is 371 g/mol. The van der Waals surface area contributed by atoms with Gasteiger partial charge in [0.25, 0.3) is 0 Å². The van der Waals surface area contributed by atoms with Gasteiger partial charge in [-0.3, -0.25) is 0 Å². The van der Waals surface area contributed by atoms with E-state index in [1.807, 2.05) is 43.4 Å². The van der Waals surface area contributed by atoms with Crippen LogP contribution in [-0.2, 0) is 13.2 Å². The molecule has 0 atom stereocenters. The Kier molecular flexibility index (Phi) is 5.91. The van der Waals surface area contributed by atoms with E-state index in [9.17, 15) is 0 Å². The van der Waals surface area contributed by atoms with Gasteiger partial charge in [0.05, 0.1) is 7.11 Å². The van der Waals surface area contributed by atoms with Crippen LogP contribution in [0.4, 0.5) is 0 Å². The van der Waals surface area contributed by atoms with Gasteiger partial charge in [0.15, 0.2) is 11.5 Å². The molecule has 5 heteroatoms. The van der Waals surface area contributed by atoms with E-state index in [0.29, 0.717) is 23.1 Å². The number of halogens is 2. The minimum atomic E-state index is 0.397. The number of rotatable bonds is 6. The van der Waals surface area contributed by atoms with Crippen LogP contribution in [0, 0.1) is 0 Å². The van der Waals surface area contributed by atoms with Crippen LogP contribution in [-0.4, -0.2) is 14.2 Å². The molecule has 2 aromatic carbocycles. The van der Waals surface area contributed by atoms with Crippen molar-refractivity contribution in [2.45, 2.75) is 13.2 Å². The molecule has 0 fully saturated rings. The van der Waals surface area contributed by atoms with Gasteiger partial charge in [-0.25, -0.2) is 0 Å². The highest BCUT2D eigenvalue weighted by molar-refractivity contribution is 9.10. The van der Waals surface area contributed by atoms with Crippen LogP contribution in [0.1, 0.15) is 11.1 Å². The van der Waals surface area contributed by atoms with Crippen molar-refractivity contribution < 1.29 is 9.47 Å². The third-order valence-electron chi connectivity index (χ3n) is 3.04. The van der Waals surface area contributed by atoms with Gasteiger partial charge in [-0.05, 0) is 30.8 Å². The van der Waals surface area contributed by atoms with E-state index in [4.69, 9.17) is 21.1 Å². The molecule has 0 unspecified atom stereocenters. The van der Waals surface area contributed by atoms with E-state index in [1.165, 1.54) is 0 Å². The molecular formula is C16H17BrClNO2. The van der Waals surface area contributed by atoms with Crippen molar-refractivity contribution in [1.29, 1.82) is 0 Å². The summed E-state index contributed by atoms with van der Waals surface area (Å²) in [6.45, 7) is 1.15. The first-order chi connectivity index (χ1) is 10.2. The summed E-state index contributed by atoms with van der Waals surface area (Å²) in [5.41, 5.74) is 2.05. The minimum Gasteiger partial charge on any atom is -0.493 e. The van der Waals surface area contributed by atoms with Crippen LogP contribution in [0.3, 0.4) is 0 Å². The topological polar surface area (TPSA) is 30.5 Å². The Morgan fingerprint density at radius 1 is 1.14 bits per heavy atom. The molecule has 0 bridgehead atoms. The zero-order valence-electron chi connectivity index (χ0n) is 12.0. The van der Waals surface area contributed by atoms with Crippen molar-refractivity contribution in [3.05, 3.63) is 57.0 Å². The van der Waals surface area contributed by atoms with Crippen LogP contribution in [0.5, 0.6) is 11.5 Å². The maximum absolute atomic E-state index is 6.13. The third kappa shape index (κ3) is 4.13. The fourth-order valence-electron chi connectivity index (χ4n) is 1.95. The number of nitrogens with one attached hydrogen (secondary N) is 1. The average Bonchev–Trinajstić information content (AvgIpc) is 2.49. The smallest absolute Gasteiger partial charge is 0.162 e. The lowest BCUT2D eigenvalue weighted by atomic mass is 10.2. The van der Waals surface area contributed by atoms with Gasteiger partial charge in [0.1, 0.15) is 6.61 Å². The Balaban J connectivity index is 2.19. The zero-order valence-corrected chi connectivity index (χ0v) is 14.3. The molecule has 1 N–H and O–H groups in total. The third-order valence-corrected chi connectivity index (χ3v) is 4.15. The summed E-state index contributed by atoms with van der Waals surface area (Å²) in [6, 6.07) is 11.5. The molecule has 0 saturated carbocycles. The molecular weight excluding hydrogens is 354 g/mol. The van der Waals surface area contributed by atoms with Gasteiger partial charge >= 0.3 is 0 Å². The van der Waals surface area contributed by atoms with Gasteiger partial charge in [-0.15, -0.1) is 0 Å².